The van der Waals surface area contributed by atoms with Crippen molar-refractivity contribution in [1.82, 2.24) is 0 Å². The van der Waals surface area contributed by atoms with Gasteiger partial charge in [-0.15, -0.1) is 6.58 Å². The van der Waals surface area contributed by atoms with Crippen LogP contribution in [0.1, 0.15) is 5.56 Å². The van der Waals surface area contributed by atoms with E-state index in [1.165, 1.54) is 25.3 Å². The van der Waals surface area contributed by atoms with Crippen molar-refractivity contribution < 1.29 is 19.0 Å². The van der Waals surface area contributed by atoms with Gasteiger partial charge >= 0.3 is 11.4 Å². The van der Waals surface area contributed by atoms with Gasteiger partial charge in [-0.25, -0.2) is 0 Å². The summed E-state index contributed by atoms with van der Waals surface area (Å²) in [6, 6.07) is 8.46. The molecule has 0 saturated heterocycles. The van der Waals surface area contributed by atoms with Gasteiger partial charge in [-0.3, -0.25) is 25.0 Å². The van der Waals surface area contributed by atoms with Crippen LogP contribution >= 0.6 is 0 Å². The van der Waals surface area contributed by atoms with Gasteiger partial charge in [-0.05, 0) is 30.2 Å². The van der Waals surface area contributed by atoms with Crippen LogP contribution in [0.4, 0.5) is 11.4 Å². The number of rotatable bonds is 6. The van der Waals surface area contributed by atoms with Crippen molar-refractivity contribution >= 4 is 22.3 Å². The Hall–Kier alpha value is -4.01. The third-order valence-electron chi connectivity index (χ3n) is 4.16. The van der Waals surface area contributed by atoms with Crippen LogP contribution in [0.3, 0.4) is 0 Å². The van der Waals surface area contributed by atoms with Gasteiger partial charge < -0.3 is 9.15 Å². The quantitative estimate of drug-likeness (QED) is 0.358. The molecule has 3 aromatic rings. The highest BCUT2D eigenvalue weighted by molar-refractivity contribution is 5.86. The van der Waals surface area contributed by atoms with Crippen LogP contribution in [0.5, 0.6) is 5.75 Å². The van der Waals surface area contributed by atoms with Gasteiger partial charge in [0.25, 0.3) is 5.43 Å². The molecular weight excluding hydrogens is 368 g/mol. The summed E-state index contributed by atoms with van der Waals surface area (Å²) < 4.78 is 10.7. The highest BCUT2D eigenvalue weighted by atomic mass is 16.6. The van der Waals surface area contributed by atoms with E-state index in [1.807, 2.05) is 0 Å². The van der Waals surface area contributed by atoms with E-state index in [1.54, 1.807) is 18.2 Å². The standard InChI is InChI=1S/C19H14N2O7/c1-3-5-11-6-4-7-13-17(22)16(21(25)26)19(28-18(11)13)12-8-9-15(27-2)14(10-12)20(23)24/h3-4,6-10H,1,5H2,2H3. The van der Waals surface area contributed by atoms with E-state index in [9.17, 15) is 25.0 Å². The molecule has 0 unspecified atom stereocenters. The SMILES string of the molecule is C=CCc1cccc2c(=O)c([N+](=O)[O-])c(-c3ccc(OC)c([N+](=O)[O-])c3)oc12. The van der Waals surface area contributed by atoms with Crippen LogP contribution in [-0.4, -0.2) is 17.0 Å². The maximum Gasteiger partial charge on any atom is 0.359 e. The number of hydrogen-bond donors (Lipinski definition) is 0. The minimum atomic E-state index is -0.850. The fourth-order valence-electron chi connectivity index (χ4n) is 2.92. The topological polar surface area (TPSA) is 126 Å². The van der Waals surface area contributed by atoms with Crippen LogP contribution in [-0.2, 0) is 6.42 Å². The number of fused-ring (bicyclic) bond motifs is 1. The highest BCUT2D eigenvalue weighted by Gasteiger charge is 2.28. The van der Waals surface area contributed by atoms with Crippen molar-refractivity contribution in [2.45, 2.75) is 6.42 Å². The summed E-state index contributed by atoms with van der Waals surface area (Å²) in [4.78, 5) is 34.1. The molecule has 9 heteroatoms. The van der Waals surface area contributed by atoms with E-state index in [-0.39, 0.29) is 28.0 Å². The first kappa shape index (κ1) is 18.8. The van der Waals surface area contributed by atoms with Crippen molar-refractivity contribution in [2.24, 2.45) is 0 Å². The Balaban J connectivity index is 2.41. The molecule has 0 fully saturated rings. The van der Waals surface area contributed by atoms with Gasteiger partial charge in [-0.2, -0.15) is 0 Å². The average Bonchev–Trinajstić information content (AvgIpc) is 2.67. The summed E-state index contributed by atoms with van der Waals surface area (Å²) in [5.74, 6) is -0.378. The number of benzene rings is 2. The first-order chi connectivity index (χ1) is 13.4. The van der Waals surface area contributed by atoms with Crippen molar-refractivity contribution in [2.75, 3.05) is 7.11 Å². The van der Waals surface area contributed by atoms with Gasteiger partial charge in [0.1, 0.15) is 5.58 Å². The Morgan fingerprint density at radius 3 is 2.54 bits per heavy atom. The normalized spacial score (nSPS) is 10.6. The number of ether oxygens (including phenoxy) is 1. The van der Waals surface area contributed by atoms with E-state index in [0.29, 0.717) is 12.0 Å². The number of nitro groups is 2. The maximum atomic E-state index is 12.8. The molecule has 0 bridgehead atoms. The lowest BCUT2D eigenvalue weighted by atomic mass is 10.0. The zero-order valence-corrected chi connectivity index (χ0v) is 14.7. The van der Waals surface area contributed by atoms with Gasteiger partial charge in [0, 0.05) is 11.6 Å². The lowest BCUT2D eigenvalue weighted by Gasteiger charge is -2.08. The average molecular weight is 382 g/mol. The molecule has 0 aliphatic rings. The smallest absolute Gasteiger partial charge is 0.359 e. The minimum absolute atomic E-state index is 0.0200. The molecule has 0 aliphatic carbocycles. The molecule has 0 radical (unpaired) electrons. The Labute approximate surface area is 157 Å². The summed E-state index contributed by atoms with van der Waals surface area (Å²) in [7, 11) is 1.27. The zero-order chi connectivity index (χ0) is 20.4. The van der Waals surface area contributed by atoms with Crippen LogP contribution in [0.25, 0.3) is 22.3 Å². The molecular formula is C19H14N2O7. The number of nitro benzene ring substituents is 1. The second-order valence-electron chi connectivity index (χ2n) is 5.80. The first-order valence-electron chi connectivity index (χ1n) is 8.05. The van der Waals surface area contributed by atoms with Gasteiger partial charge in [0.15, 0.2) is 5.75 Å². The monoisotopic (exact) mass is 382 g/mol. The molecule has 2 aromatic carbocycles. The molecule has 0 spiro atoms. The van der Waals surface area contributed by atoms with E-state index in [4.69, 9.17) is 9.15 Å². The molecule has 0 saturated carbocycles. The summed E-state index contributed by atoms with van der Waals surface area (Å²) in [5, 5.41) is 22.9. The second-order valence-corrected chi connectivity index (χ2v) is 5.80. The summed E-state index contributed by atoms with van der Waals surface area (Å²) >= 11 is 0. The molecule has 9 nitrogen and oxygen atoms in total. The van der Waals surface area contributed by atoms with Crippen LogP contribution < -0.4 is 10.2 Å². The van der Waals surface area contributed by atoms with Gasteiger partial charge in [-0.1, -0.05) is 18.2 Å². The van der Waals surface area contributed by atoms with E-state index in [0.717, 1.165) is 6.07 Å². The number of nitrogens with zero attached hydrogens (tertiary/aromatic N) is 2. The summed E-state index contributed by atoms with van der Waals surface area (Å²) in [6.45, 7) is 3.64. The van der Waals surface area contributed by atoms with Crippen LogP contribution in [0.2, 0.25) is 0 Å². The minimum Gasteiger partial charge on any atom is -0.490 e. The van der Waals surface area contributed by atoms with E-state index in [2.05, 4.69) is 6.58 Å². The third kappa shape index (κ3) is 3.09. The van der Waals surface area contributed by atoms with Crippen molar-refractivity contribution in [3.8, 4) is 17.1 Å². The molecule has 0 N–H and O–H groups in total. The third-order valence-corrected chi connectivity index (χ3v) is 4.16. The Morgan fingerprint density at radius 1 is 1.18 bits per heavy atom. The summed E-state index contributed by atoms with van der Waals surface area (Å²) in [6.07, 6.45) is 1.98. The first-order valence-corrected chi connectivity index (χ1v) is 8.05. The fourth-order valence-corrected chi connectivity index (χ4v) is 2.92. The van der Waals surface area contributed by atoms with Gasteiger partial charge in [0.05, 0.1) is 22.3 Å². The predicted octanol–water partition coefficient (Wildman–Crippen LogP) is 4.01. The van der Waals surface area contributed by atoms with Crippen molar-refractivity contribution in [3.63, 3.8) is 0 Å². The van der Waals surface area contributed by atoms with Crippen LogP contribution in [0.15, 0.2) is 58.3 Å². The van der Waals surface area contributed by atoms with E-state index >= 15 is 0 Å². The molecule has 1 aromatic heterocycles. The molecule has 0 amide bonds. The van der Waals surface area contributed by atoms with Gasteiger partial charge in [0.2, 0.25) is 5.76 Å². The molecule has 28 heavy (non-hydrogen) atoms. The number of para-hydroxylation sites is 1. The lowest BCUT2D eigenvalue weighted by Crippen LogP contribution is -2.11. The molecule has 142 valence electrons. The molecule has 0 aliphatic heterocycles. The fraction of sp³-hybridized carbons (Fsp3) is 0.105. The highest BCUT2D eigenvalue weighted by Crippen LogP contribution is 2.37. The summed E-state index contributed by atoms with van der Waals surface area (Å²) in [5.41, 5.74) is -1.22. The predicted molar refractivity (Wildman–Crippen MR) is 102 cm³/mol. The van der Waals surface area contributed by atoms with Crippen molar-refractivity contribution in [3.05, 3.63) is 85.1 Å². The number of hydrogen-bond acceptors (Lipinski definition) is 7. The van der Waals surface area contributed by atoms with Crippen LogP contribution in [0, 0.1) is 20.2 Å². The second kappa shape index (κ2) is 7.31. The molecule has 3 rings (SSSR count). The lowest BCUT2D eigenvalue weighted by molar-refractivity contribution is -0.386. The molecule has 1 heterocycles. The van der Waals surface area contributed by atoms with E-state index < -0.39 is 26.7 Å². The Kier molecular flexibility index (Phi) is 4.90. The maximum absolute atomic E-state index is 12.8. The number of methoxy groups -OCH3 is 1. The van der Waals surface area contributed by atoms with Crippen molar-refractivity contribution in [1.29, 1.82) is 0 Å². The largest absolute Gasteiger partial charge is 0.490 e. The number of allylic oxidation sites excluding steroid dienone is 1. The zero-order valence-electron chi connectivity index (χ0n) is 14.7. The Morgan fingerprint density at radius 2 is 1.93 bits per heavy atom. The Bertz CT molecular complexity index is 1180. The molecule has 0 atom stereocenters.